The molecule has 0 fully saturated rings. The summed E-state index contributed by atoms with van der Waals surface area (Å²) in [5.74, 6) is -0.0394. The van der Waals surface area contributed by atoms with Gasteiger partial charge in [-0.15, -0.1) is 0 Å². The zero-order valence-corrected chi connectivity index (χ0v) is 15.9. The summed E-state index contributed by atoms with van der Waals surface area (Å²) in [6.45, 7) is 7.80. The number of nitrogens with zero attached hydrogens (tertiary/aromatic N) is 2. The van der Waals surface area contributed by atoms with Crippen LogP contribution in [0.2, 0.25) is 0 Å². The first kappa shape index (κ1) is 22.9. The van der Waals surface area contributed by atoms with Gasteiger partial charge in [-0.2, -0.15) is 0 Å². The number of hydrogen-bond acceptors (Lipinski definition) is 4. The molecule has 0 N–H and O–H groups in total. The van der Waals surface area contributed by atoms with Crippen molar-refractivity contribution in [1.82, 2.24) is 0 Å². The molecule has 0 unspecified atom stereocenters. The summed E-state index contributed by atoms with van der Waals surface area (Å²) < 4.78 is 0. The zero-order chi connectivity index (χ0) is 17.9. The van der Waals surface area contributed by atoms with Gasteiger partial charge in [0.25, 0.3) is 0 Å². The monoisotopic (exact) mass is 387 g/mol. The molecular formula is C20H24CuN2O2. The van der Waals surface area contributed by atoms with Crippen molar-refractivity contribution in [3.63, 3.8) is 0 Å². The summed E-state index contributed by atoms with van der Waals surface area (Å²) in [6, 6.07) is 17.6. The summed E-state index contributed by atoms with van der Waals surface area (Å²) in [5.41, 5.74) is 0. The van der Waals surface area contributed by atoms with Crippen molar-refractivity contribution in [3.8, 4) is 11.5 Å². The Labute approximate surface area is 160 Å². The summed E-state index contributed by atoms with van der Waals surface area (Å²) in [5, 5.41) is 23.6. The van der Waals surface area contributed by atoms with Crippen molar-refractivity contribution in [2.24, 2.45) is 9.98 Å². The van der Waals surface area contributed by atoms with Gasteiger partial charge in [-0.1, -0.05) is 60.0 Å². The molecule has 0 amide bonds. The van der Waals surface area contributed by atoms with E-state index >= 15 is 0 Å². The summed E-state index contributed by atoms with van der Waals surface area (Å²) in [4.78, 5) is 8.37. The molecule has 25 heavy (non-hydrogen) atoms. The molecule has 0 saturated carbocycles. The van der Waals surface area contributed by atoms with Crippen molar-refractivity contribution < 1.29 is 27.3 Å². The molecule has 2 rings (SSSR count). The quantitative estimate of drug-likeness (QED) is 0.740. The van der Waals surface area contributed by atoms with E-state index in [2.05, 4.69) is 9.98 Å². The Balaban J connectivity index is 0.000000443. The topological polar surface area (TPSA) is 70.8 Å². The molecule has 2 aromatic carbocycles. The second-order valence-electron chi connectivity index (χ2n) is 5.77. The van der Waals surface area contributed by atoms with Gasteiger partial charge in [0.1, 0.15) is 0 Å². The van der Waals surface area contributed by atoms with Crippen LogP contribution in [0.25, 0.3) is 0 Å². The van der Waals surface area contributed by atoms with E-state index in [9.17, 15) is 10.2 Å². The second kappa shape index (κ2) is 12.3. The van der Waals surface area contributed by atoms with E-state index in [1.807, 2.05) is 52.0 Å². The molecule has 5 heteroatoms. The van der Waals surface area contributed by atoms with Crippen LogP contribution in [-0.4, -0.2) is 12.1 Å². The molecule has 0 spiro atoms. The largest absolute Gasteiger partial charge is 2.00 e. The van der Waals surface area contributed by atoms with Crippen LogP contribution in [0.4, 0.5) is 0 Å². The average Bonchev–Trinajstić information content (AvgIpc) is 2.81. The van der Waals surface area contributed by atoms with Crippen molar-refractivity contribution in [2.75, 3.05) is 0 Å². The van der Waals surface area contributed by atoms with E-state index in [-0.39, 0.29) is 40.7 Å². The van der Waals surface area contributed by atoms with Crippen LogP contribution >= 0.6 is 0 Å². The fourth-order valence-electron chi connectivity index (χ4n) is 1.81. The van der Waals surface area contributed by atoms with Crippen LogP contribution in [0.3, 0.4) is 0 Å². The molecule has 0 aliphatic heterocycles. The molecule has 0 aromatic heterocycles. The molecule has 0 aliphatic rings. The Morgan fingerprint density at radius 2 is 0.920 bits per heavy atom. The Hall–Kier alpha value is -2.10. The van der Waals surface area contributed by atoms with Crippen molar-refractivity contribution in [1.29, 1.82) is 0 Å². The van der Waals surface area contributed by atoms with Crippen LogP contribution < -0.4 is 20.9 Å². The van der Waals surface area contributed by atoms with Crippen molar-refractivity contribution in [3.05, 3.63) is 71.4 Å². The van der Waals surface area contributed by atoms with Gasteiger partial charge < -0.3 is 10.2 Å². The third kappa shape index (κ3) is 9.70. The third-order valence-electron chi connectivity index (χ3n) is 2.75. The van der Waals surface area contributed by atoms with E-state index in [0.29, 0.717) is 10.7 Å². The van der Waals surface area contributed by atoms with E-state index < -0.39 is 0 Å². The first-order valence-corrected chi connectivity index (χ1v) is 8.00. The molecule has 0 aliphatic carbocycles. The molecular weight excluding hydrogens is 364 g/mol. The van der Waals surface area contributed by atoms with Gasteiger partial charge in [-0.3, -0.25) is 9.98 Å². The minimum atomic E-state index is -0.0197. The number of rotatable bonds is 2. The zero-order valence-electron chi connectivity index (χ0n) is 14.9. The Kier molecular flexibility index (Phi) is 11.3. The predicted molar refractivity (Wildman–Crippen MR) is 93.2 cm³/mol. The van der Waals surface area contributed by atoms with Gasteiger partial charge in [0, 0.05) is 22.8 Å². The third-order valence-corrected chi connectivity index (χ3v) is 2.75. The molecule has 137 valence electrons. The maximum Gasteiger partial charge on any atom is 2.00 e. The Bertz CT molecular complexity index is 708. The fraction of sp³-hybridized carbons (Fsp3) is 0.300. The van der Waals surface area contributed by atoms with Crippen LogP contribution in [0.5, 0.6) is 11.5 Å². The Morgan fingerprint density at radius 1 is 0.600 bits per heavy atom. The van der Waals surface area contributed by atoms with Gasteiger partial charge >= 0.3 is 17.1 Å². The fourth-order valence-corrected chi connectivity index (χ4v) is 1.81. The van der Waals surface area contributed by atoms with Gasteiger partial charge in [0.15, 0.2) is 0 Å². The summed E-state index contributed by atoms with van der Waals surface area (Å²) in [7, 11) is 0. The SMILES string of the molecule is CC(C)N=c1cccccc1[O-].CC(C)N=c1cccccc1[O-].[Cu+2]. The Morgan fingerprint density at radius 3 is 1.24 bits per heavy atom. The molecule has 0 heterocycles. The number of hydrogen-bond donors (Lipinski definition) is 0. The van der Waals surface area contributed by atoms with Gasteiger partial charge in [-0.05, 0) is 39.8 Å². The van der Waals surface area contributed by atoms with E-state index in [1.165, 1.54) is 12.1 Å². The minimum absolute atomic E-state index is 0. The maximum atomic E-state index is 11.3. The van der Waals surface area contributed by atoms with Gasteiger partial charge in [0.05, 0.1) is 0 Å². The van der Waals surface area contributed by atoms with Crippen LogP contribution in [0.15, 0.2) is 70.6 Å². The molecule has 0 bridgehead atoms. The second-order valence-corrected chi connectivity index (χ2v) is 5.77. The van der Waals surface area contributed by atoms with E-state index in [0.717, 1.165) is 0 Å². The van der Waals surface area contributed by atoms with Gasteiger partial charge in [-0.25, -0.2) is 0 Å². The van der Waals surface area contributed by atoms with Crippen LogP contribution in [0, 0.1) is 0 Å². The first-order valence-electron chi connectivity index (χ1n) is 8.00. The molecule has 4 nitrogen and oxygen atoms in total. The van der Waals surface area contributed by atoms with Crippen molar-refractivity contribution >= 4 is 0 Å². The average molecular weight is 388 g/mol. The van der Waals surface area contributed by atoms with Crippen LogP contribution in [-0.2, 0) is 17.1 Å². The van der Waals surface area contributed by atoms with Crippen LogP contribution in [0.1, 0.15) is 27.7 Å². The molecule has 1 radical (unpaired) electrons. The smallest absolute Gasteiger partial charge is 0.871 e. The van der Waals surface area contributed by atoms with E-state index in [1.54, 1.807) is 24.3 Å². The minimum Gasteiger partial charge on any atom is -0.871 e. The maximum absolute atomic E-state index is 11.3. The summed E-state index contributed by atoms with van der Waals surface area (Å²) in [6.07, 6.45) is 0. The molecule has 0 saturated heterocycles. The van der Waals surface area contributed by atoms with Gasteiger partial charge in [0.2, 0.25) is 0 Å². The van der Waals surface area contributed by atoms with Crippen molar-refractivity contribution in [2.45, 2.75) is 39.8 Å². The molecule has 0 atom stereocenters. The first-order chi connectivity index (χ1) is 11.4. The summed E-state index contributed by atoms with van der Waals surface area (Å²) >= 11 is 0. The van der Waals surface area contributed by atoms with E-state index in [4.69, 9.17) is 0 Å². The normalized spacial score (nSPS) is 11.6. The standard InChI is InChI=1S/2C10H13NO.Cu/c2*1-8(2)11-9-6-4-3-5-7-10(9)12;/h2*3-8H,1-2H3,(H,11,12);/q;;+2/p-2. The predicted octanol–water partition coefficient (Wildman–Crippen LogP) is 2.14. The molecule has 2 aromatic rings.